The van der Waals surface area contributed by atoms with Gasteiger partial charge in [0.25, 0.3) is 0 Å². The summed E-state index contributed by atoms with van der Waals surface area (Å²) in [4.78, 5) is 13.2. The summed E-state index contributed by atoms with van der Waals surface area (Å²) in [6.07, 6.45) is 9.40. The first kappa shape index (κ1) is 13.7. The second kappa shape index (κ2) is 6.43. The molecule has 2 rings (SSSR count). The van der Waals surface area contributed by atoms with Crippen molar-refractivity contribution in [1.29, 1.82) is 0 Å². The molecule has 1 unspecified atom stereocenters. The number of hydrogen-bond donors (Lipinski definition) is 1. The normalized spacial score (nSPS) is 12.6. The molecule has 0 saturated carbocycles. The average Bonchev–Trinajstić information content (AvgIpc) is 2.81. The van der Waals surface area contributed by atoms with Crippen molar-refractivity contribution in [2.75, 3.05) is 6.54 Å². The van der Waals surface area contributed by atoms with Crippen molar-refractivity contribution in [3.05, 3.63) is 42.0 Å². The summed E-state index contributed by atoms with van der Waals surface area (Å²) in [6, 6.07) is 0.183. The van der Waals surface area contributed by atoms with Crippen molar-refractivity contribution in [2.45, 2.75) is 32.7 Å². The standard InChI is InChI=1S/C14H21N5/c1-4-15-12(14-17-9-11(2)10-18-14)5-6-13-16-7-8-19(13)3/h7-10,12,15H,4-6H2,1-3H3. The minimum absolute atomic E-state index is 0.183. The van der Waals surface area contributed by atoms with Crippen LogP contribution in [0.25, 0.3) is 0 Å². The summed E-state index contributed by atoms with van der Waals surface area (Å²) in [5, 5.41) is 3.44. The van der Waals surface area contributed by atoms with Crippen molar-refractivity contribution in [1.82, 2.24) is 24.8 Å². The maximum absolute atomic E-state index is 4.42. The van der Waals surface area contributed by atoms with Crippen molar-refractivity contribution in [3.8, 4) is 0 Å². The molecule has 102 valence electrons. The number of rotatable bonds is 6. The molecule has 5 heteroatoms. The van der Waals surface area contributed by atoms with Crippen LogP contribution in [0.15, 0.2) is 24.8 Å². The van der Waals surface area contributed by atoms with Gasteiger partial charge in [-0.1, -0.05) is 6.92 Å². The topological polar surface area (TPSA) is 55.6 Å². The zero-order valence-corrected chi connectivity index (χ0v) is 11.8. The van der Waals surface area contributed by atoms with Gasteiger partial charge in [0.15, 0.2) is 0 Å². The summed E-state index contributed by atoms with van der Waals surface area (Å²) in [5.41, 5.74) is 1.09. The summed E-state index contributed by atoms with van der Waals surface area (Å²) >= 11 is 0. The number of aromatic nitrogens is 4. The molecule has 0 saturated heterocycles. The van der Waals surface area contributed by atoms with E-state index >= 15 is 0 Å². The fourth-order valence-corrected chi connectivity index (χ4v) is 2.06. The monoisotopic (exact) mass is 259 g/mol. The molecule has 2 heterocycles. The predicted octanol–water partition coefficient (Wildman–Crippen LogP) is 1.80. The van der Waals surface area contributed by atoms with Gasteiger partial charge in [-0.2, -0.15) is 0 Å². The Morgan fingerprint density at radius 2 is 2.00 bits per heavy atom. The van der Waals surface area contributed by atoms with E-state index in [2.05, 4.69) is 31.8 Å². The summed E-state index contributed by atoms with van der Waals surface area (Å²) in [7, 11) is 2.02. The molecule has 0 radical (unpaired) electrons. The molecule has 2 aromatic rings. The van der Waals surface area contributed by atoms with Gasteiger partial charge in [-0.3, -0.25) is 0 Å². The first-order chi connectivity index (χ1) is 9.20. The van der Waals surface area contributed by atoms with E-state index in [1.165, 1.54) is 0 Å². The zero-order chi connectivity index (χ0) is 13.7. The van der Waals surface area contributed by atoms with Crippen LogP contribution in [0.1, 0.15) is 36.6 Å². The molecule has 0 amide bonds. The van der Waals surface area contributed by atoms with Crippen LogP contribution in [0.4, 0.5) is 0 Å². The summed E-state index contributed by atoms with van der Waals surface area (Å²) in [5.74, 6) is 1.96. The molecule has 1 N–H and O–H groups in total. The lowest BCUT2D eigenvalue weighted by atomic mass is 10.1. The Morgan fingerprint density at radius 3 is 2.58 bits per heavy atom. The van der Waals surface area contributed by atoms with Gasteiger partial charge in [-0.15, -0.1) is 0 Å². The highest BCUT2D eigenvalue weighted by atomic mass is 15.0. The SMILES string of the molecule is CCNC(CCc1nccn1C)c1ncc(C)cn1. The molecule has 2 aromatic heterocycles. The number of imidazole rings is 1. The highest BCUT2D eigenvalue weighted by Gasteiger charge is 2.14. The summed E-state index contributed by atoms with van der Waals surface area (Å²) < 4.78 is 2.05. The summed E-state index contributed by atoms with van der Waals surface area (Å²) in [6.45, 7) is 5.00. The maximum atomic E-state index is 4.42. The van der Waals surface area contributed by atoms with Crippen LogP contribution in [0.5, 0.6) is 0 Å². The minimum atomic E-state index is 0.183. The van der Waals surface area contributed by atoms with Crippen LogP contribution in [0.3, 0.4) is 0 Å². The molecule has 0 fully saturated rings. The van der Waals surface area contributed by atoms with Crippen LogP contribution in [0.2, 0.25) is 0 Å². The van der Waals surface area contributed by atoms with E-state index in [0.29, 0.717) is 0 Å². The molecule has 0 aromatic carbocycles. The van der Waals surface area contributed by atoms with Gasteiger partial charge in [0, 0.05) is 38.3 Å². The van der Waals surface area contributed by atoms with Crippen LogP contribution in [-0.4, -0.2) is 26.1 Å². The highest BCUT2D eigenvalue weighted by molar-refractivity contribution is 5.05. The second-order valence-corrected chi connectivity index (χ2v) is 4.72. The van der Waals surface area contributed by atoms with Gasteiger partial charge in [0.2, 0.25) is 0 Å². The fourth-order valence-electron chi connectivity index (χ4n) is 2.06. The van der Waals surface area contributed by atoms with Crippen LogP contribution in [-0.2, 0) is 13.5 Å². The molecule has 0 bridgehead atoms. The van der Waals surface area contributed by atoms with E-state index in [4.69, 9.17) is 0 Å². The molecular formula is C14H21N5. The number of aryl methyl sites for hydroxylation is 3. The number of nitrogens with zero attached hydrogens (tertiary/aromatic N) is 4. The van der Waals surface area contributed by atoms with Gasteiger partial charge < -0.3 is 9.88 Å². The second-order valence-electron chi connectivity index (χ2n) is 4.72. The smallest absolute Gasteiger partial charge is 0.145 e. The molecule has 0 aliphatic heterocycles. The molecule has 0 aliphatic rings. The third kappa shape index (κ3) is 3.61. The predicted molar refractivity (Wildman–Crippen MR) is 74.7 cm³/mol. The lowest BCUT2D eigenvalue weighted by Crippen LogP contribution is -2.24. The maximum Gasteiger partial charge on any atom is 0.145 e. The van der Waals surface area contributed by atoms with Crippen molar-refractivity contribution < 1.29 is 0 Å². The average molecular weight is 259 g/mol. The van der Waals surface area contributed by atoms with Crippen LogP contribution >= 0.6 is 0 Å². The fraction of sp³-hybridized carbons (Fsp3) is 0.500. The lowest BCUT2D eigenvalue weighted by molar-refractivity contribution is 0.482. The Bertz CT molecular complexity index is 503. The molecule has 5 nitrogen and oxygen atoms in total. The van der Waals surface area contributed by atoms with Crippen molar-refractivity contribution in [2.24, 2.45) is 7.05 Å². The molecule has 19 heavy (non-hydrogen) atoms. The van der Waals surface area contributed by atoms with E-state index < -0.39 is 0 Å². The van der Waals surface area contributed by atoms with Crippen LogP contribution < -0.4 is 5.32 Å². The van der Waals surface area contributed by atoms with Crippen molar-refractivity contribution >= 4 is 0 Å². The van der Waals surface area contributed by atoms with Gasteiger partial charge in [-0.05, 0) is 25.5 Å². The van der Waals surface area contributed by atoms with Gasteiger partial charge in [0.1, 0.15) is 11.6 Å². The Hall–Kier alpha value is -1.75. The van der Waals surface area contributed by atoms with E-state index in [1.807, 2.05) is 38.8 Å². The first-order valence-corrected chi connectivity index (χ1v) is 6.68. The van der Waals surface area contributed by atoms with E-state index in [1.54, 1.807) is 0 Å². The third-order valence-electron chi connectivity index (χ3n) is 3.14. The van der Waals surface area contributed by atoms with Gasteiger partial charge in [-0.25, -0.2) is 15.0 Å². The zero-order valence-electron chi connectivity index (χ0n) is 11.8. The quantitative estimate of drug-likeness (QED) is 0.859. The third-order valence-corrected chi connectivity index (χ3v) is 3.14. The van der Waals surface area contributed by atoms with Gasteiger partial charge in [0.05, 0.1) is 6.04 Å². The lowest BCUT2D eigenvalue weighted by Gasteiger charge is -2.16. The number of hydrogen-bond acceptors (Lipinski definition) is 4. The van der Waals surface area contributed by atoms with Crippen LogP contribution in [0, 0.1) is 6.92 Å². The molecular weight excluding hydrogens is 238 g/mol. The molecule has 0 aliphatic carbocycles. The Labute approximate surface area is 114 Å². The number of nitrogens with one attached hydrogen (secondary N) is 1. The Balaban J connectivity index is 2.04. The van der Waals surface area contributed by atoms with Crippen molar-refractivity contribution in [3.63, 3.8) is 0 Å². The Kier molecular flexibility index (Phi) is 4.63. The largest absolute Gasteiger partial charge is 0.338 e. The first-order valence-electron chi connectivity index (χ1n) is 6.68. The Morgan fingerprint density at radius 1 is 1.26 bits per heavy atom. The highest BCUT2D eigenvalue weighted by Crippen LogP contribution is 2.15. The van der Waals surface area contributed by atoms with Gasteiger partial charge >= 0.3 is 0 Å². The van der Waals surface area contributed by atoms with E-state index in [9.17, 15) is 0 Å². The van der Waals surface area contributed by atoms with E-state index in [-0.39, 0.29) is 6.04 Å². The molecule has 1 atom stereocenters. The van der Waals surface area contributed by atoms with E-state index in [0.717, 1.165) is 36.6 Å². The minimum Gasteiger partial charge on any atom is -0.338 e. The molecule has 0 spiro atoms.